The number of nitrogens with zero attached hydrogens (tertiary/aromatic N) is 2. The fraction of sp³-hybridized carbons (Fsp3) is 0.579. The number of ether oxygens (including phenoxy) is 1. The third-order valence-electron chi connectivity index (χ3n) is 4.68. The number of benzene rings is 1. The molecule has 0 bridgehead atoms. The number of para-hydroxylation sites is 1. The molecule has 0 saturated carbocycles. The van der Waals surface area contributed by atoms with Crippen molar-refractivity contribution in [2.75, 3.05) is 32.8 Å². The van der Waals surface area contributed by atoms with Crippen molar-refractivity contribution in [3.8, 4) is 5.75 Å². The van der Waals surface area contributed by atoms with Gasteiger partial charge in [0.1, 0.15) is 0 Å². The first-order valence-electron chi connectivity index (χ1n) is 9.00. The van der Waals surface area contributed by atoms with Crippen LogP contribution in [0.3, 0.4) is 0 Å². The molecule has 0 aromatic heterocycles. The Morgan fingerprint density at radius 3 is 2.40 bits per heavy atom. The zero-order chi connectivity index (χ0) is 18.2. The van der Waals surface area contributed by atoms with Gasteiger partial charge in [-0.2, -0.15) is 0 Å². The number of hydrogen-bond acceptors (Lipinski definition) is 3. The summed E-state index contributed by atoms with van der Waals surface area (Å²) in [5.41, 5.74) is 0. The van der Waals surface area contributed by atoms with E-state index in [0.29, 0.717) is 26.2 Å². The van der Waals surface area contributed by atoms with Crippen molar-refractivity contribution >= 4 is 11.8 Å². The Kier molecular flexibility index (Phi) is 7.22. The molecule has 1 saturated heterocycles. The van der Waals surface area contributed by atoms with Crippen LogP contribution in [0.25, 0.3) is 0 Å². The minimum absolute atomic E-state index is 0.0617. The van der Waals surface area contributed by atoms with Crippen LogP contribution in [0.15, 0.2) is 24.3 Å². The van der Waals surface area contributed by atoms with Crippen LogP contribution in [-0.2, 0) is 9.59 Å². The molecule has 0 radical (unpaired) electrons. The Labute approximate surface area is 148 Å². The predicted molar refractivity (Wildman–Crippen MR) is 93.7 cm³/mol. The molecule has 1 aliphatic rings. The number of carbonyl (C=O) groups is 2. The van der Waals surface area contributed by atoms with Gasteiger partial charge in [0.2, 0.25) is 5.91 Å². The molecule has 1 aromatic carbocycles. The van der Waals surface area contributed by atoms with Gasteiger partial charge in [0.05, 0.1) is 0 Å². The topological polar surface area (TPSA) is 49.9 Å². The summed E-state index contributed by atoms with van der Waals surface area (Å²) in [6, 6.07) is 6.04. The number of rotatable bonds is 6. The molecular weight excluding hydrogens is 323 g/mol. The maximum Gasteiger partial charge on any atom is 0.260 e. The molecular formula is C19H27FN2O3. The van der Waals surface area contributed by atoms with Crippen LogP contribution in [0.5, 0.6) is 5.75 Å². The summed E-state index contributed by atoms with van der Waals surface area (Å²) in [6.45, 7) is 6.16. The lowest BCUT2D eigenvalue weighted by Gasteiger charge is -2.25. The average molecular weight is 350 g/mol. The van der Waals surface area contributed by atoms with Gasteiger partial charge >= 0.3 is 0 Å². The van der Waals surface area contributed by atoms with E-state index in [9.17, 15) is 14.0 Å². The molecule has 1 heterocycles. The second-order valence-electron chi connectivity index (χ2n) is 6.29. The minimum atomic E-state index is -0.479. The summed E-state index contributed by atoms with van der Waals surface area (Å²) >= 11 is 0. The summed E-state index contributed by atoms with van der Waals surface area (Å²) in [5.74, 6) is -0.335. The van der Waals surface area contributed by atoms with E-state index in [4.69, 9.17) is 4.74 Å². The normalized spacial score (nSPS) is 15.2. The molecule has 0 unspecified atom stereocenters. The molecule has 0 N–H and O–H groups in total. The second kappa shape index (κ2) is 9.39. The van der Waals surface area contributed by atoms with Crippen molar-refractivity contribution in [1.29, 1.82) is 0 Å². The van der Waals surface area contributed by atoms with Crippen LogP contribution in [-0.4, -0.2) is 54.4 Å². The van der Waals surface area contributed by atoms with Crippen LogP contribution in [0, 0.1) is 11.7 Å². The first-order valence-corrected chi connectivity index (χ1v) is 9.00. The first-order chi connectivity index (χ1) is 12.1. The predicted octanol–water partition coefficient (Wildman–Crippen LogP) is 2.70. The maximum atomic E-state index is 13.5. The van der Waals surface area contributed by atoms with Gasteiger partial charge in [0.25, 0.3) is 5.91 Å². The van der Waals surface area contributed by atoms with Crippen molar-refractivity contribution in [3.63, 3.8) is 0 Å². The highest BCUT2D eigenvalue weighted by atomic mass is 19.1. The second-order valence-corrected chi connectivity index (χ2v) is 6.29. The number of amides is 2. The average Bonchev–Trinajstić information content (AvgIpc) is 2.88. The smallest absolute Gasteiger partial charge is 0.260 e. The van der Waals surface area contributed by atoms with Crippen molar-refractivity contribution in [2.45, 2.75) is 33.1 Å². The van der Waals surface area contributed by atoms with Gasteiger partial charge < -0.3 is 14.5 Å². The SMILES string of the molecule is CCC(CC)C(=O)N1CCCN(C(=O)COc2ccccc2F)CC1. The number of carbonyl (C=O) groups excluding carboxylic acids is 2. The molecule has 1 fully saturated rings. The molecule has 2 amide bonds. The van der Waals surface area contributed by atoms with E-state index in [1.54, 1.807) is 17.0 Å². The Morgan fingerprint density at radius 1 is 1.08 bits per heavy atom. The monoisotopic (exact) mass is 350 g/mol. The molecule has 1 aliphatic heterocycles. The van der Waals surface area contributed by atoms with E-state index >= 15 is 0 Å². The summed E-state index contributed by atoms with van der Waals surface area (Å²) in [6.07, 6.45) is 2.42. The van der Waals surface area contributed by atoms with Gasteiger partial charge in [-0.25, -0.2) is 4.39 Å². The van der Waals surface area contributed by atoms with E-state index < -0.39 is 5.82 Å². The third kappa shape index (κ3) is 5.18. The van der Waals surface area contributed by atoms with E-state index in [1.165, 1.54) is 12.1 Å². The molecule has 2 rings (SSSR count). The Hall–Kier alpha value is -2.11. The molecule has 0 spiro atoms. The summed E-state index contributed by atoms with van der Waals surface area (Å²) in [5, 5.41) is 0. The molecule has 25 heavy (non-hydrogen) atoms. The molecule has 138 valence electrons. The van der Waals surface area contributed by atoms with Crippen LogP contribution in [0.4, 0.5) is 4.39 Å². The van der Waals surface area contributed by atoms with Crippen LogP contribution < -0.4 is 4.74 Å². The Morgan fingerprint density at radius 2 is 1.72 bits per heavy atom. The van der Waals surface area contributed by atoms with Crippen LogP contribution in [0.2, 0.25) is 0 Å². The summed E-state index contributed by atoms with van der Waals surface area (Å²) < 4.78 is 18.8. The fourth-order valence-electron chi connectivity index (χ4n) is 3.08. The zero-order valence-electron chi connectivity index (χ0n) is 15.0. The fourth-order valence-corrected chi connectivity index (χ4v) is 3.08. The lowest BCUT2D eigenvalue weighted by Crippen LogP contribution is -2.41. The highest BCUT2D eigenvalue weighted by Crippen LogP contribution is 2.16. The number of hydrogen-bond donors (Lipinski definition) is 0. The highest BCUT2D eigenvalue weighted by molar-refractivity contribution is 5.80. The van der Waals surface area contributed by atoms with Gasteiger partial charge in [0, 0.05) is 32.1 Å². The van der Waals surface area contributed by atoms with Crippen LogP contribution in [0.1, 0.15) is 33.1 Å². The van der Waals surface area contributed by atoms with Gasteiger partial charge in [-0.05, 0) is 31.4 Å². The molecule has 0 atom stereocenters. The highest BCUT2D eigenvalue weighted by Gasteiger charge is 2.25. The summed E-state index contributed by atoms with van der Waals surface area (Å²) in [4.78, 5) is 28.4. The Bertz CT molecular complexity index is 590. The van der Waals surface area contributed by atoms with E-state index in [1.807, 2.05) is 18.7 Å². The third-order valence-corrected chi connectivity index (χ3v) is 4.68. The summed E-state index contributed by atoms with van der Waals surface area (Å²) in [7, 11) is 0. The molecule has 6 heteroatoms. The van der Waals surface area contributed by atoms with E-state index in [2.05, 4.69) is 0 Å². The van der Waals surface area contributed by atoms with Crippen molar-refractivity contribution in [1.82, 2.24) is 9.80 Å². The zero-order valence-corrected chi connectivity index (χ0v) is 15.0. The minimum Gasteiger partial charge on any atom is -0.481 e. The maximum absolute atomic E-state index is 13.5. The van der Waals surface area contributed by atoms with Crippen molar-refractivity contribution < 1.29 is 18.7 Å². The lowest BCUT2D eigenvalue weighted by molar-refractivity contribution is -0.137. The van der Waals surface area contributed by atoms with Crippen molar-refractivity contribution in [3.05, 3.63) is 30.1 Å². The van der Waals surface area contributed by atoms with Crippen molar-refractivity contribution in [2.24, 2.45) is 5.92 Å². The van der Waals surface area contributed by atoms with Gasteiger partial charge in [-0.1, -0.05) is 26.0 Å². The number of halogens is 1. The first kappa shape index (κ1) is 19.2. The quantitative estimate of drug-likeness (QED) is 0.793. The standard InChI is InChI=1S/C19H27FN2O3/c1-3-15(4-2)19(24)22-11-7-10-21(12-13-22)18(23)14-25-17-9-6-5-8-16(17)20/h5-6,8-9,15H,3-4,7,10-14H2,1-2H3. The van der Waals surface area contributed by atoms with Crippen LogP contribution >= 0.6 is 0 Å². The molecule has 1 aromatic rings. The Balaban J connectivity index is 1.86. The lowest BCUT2D eigenvalue weighted by atomic mass is 10.0. The van der Waals surface area contributed by atoms with E-state index in [-0.39, 0.29) is 30.1 Å². The largest absolute Gasteiger partial charge is 0.481 e. The van der Waals surface area contributed by atoms with E-state index in [0.717, 1.165) is 19.3 Å². The van der Waals surface area contributed by atoms with Gasteiger partial charge in [-0.15, -0.1) is 0 Å². The van der Waals surface area contributed by atoms with Gasteiger partial charge in [0.15, 0.2) is 18.2 Å². The molecule has 5 nitrogen and oxygen atoms in total. The van der Waals surface area contributed by atoms with Gasteiger partial charge in [-0.3, -0.25) is 9.59 Å². The molecule has 0 aliphatic carbocycles.